The number of allylic oxidation sites excluding steroid dienone is 2. The van der Waals surface area contributed by atoms with E-state index in [1.165, 1.54) is 25.7 Å². The van der Waals surface area contributed by atoms with Crippen molar-refractivity contribution in [1.82, 2.24) is 0 Å². The summed E-state index contributed by atoms with van der Waals surface area (Å²) in [5.74, 6) is 0.329. The summed E-state index contributed by atoms with van der Waals surface area (Å²) in [4.78, 5) is 11.5. The fourth-order valence-electron chi connectivity index (χ4n) is 1.20. The summed E-state index contributed by atoms with van der Waals surface area (Å²) in [6.45, 7) is 4.33. The number of rotatable bonds is 8. The van der Waals surface area contributed by atoms with Gasteiger partial charge in [-0.25, -0.2) is 0 Å². The number of carbonyl (C=O) groups is 1. The van der Waals surface area contributed by atoms with Crippen LogP contribution < -0.4 is 0 Å². The Bertz CT molecular complexity index is 185. The highest BCUT2D eigenvalue weighted by molar-refractivity contribution is 14.1. The number of carbonyl (C=O) groups excluding carboxylic acids is 1. The molecule has 0 aliphatic rings. The van der Waals surface area contributed by atoms with Crippen LogP contribution >= 0.6 is 22.6 Å². The van der Waals surface area contributed by atoms with Gasteiger partial charge in [-0.2, -0.15) is 0 Å². The number of hydrogen-bond acceptors (Lipinski definition) is 1. The second kappa shape index (κ2) is 9.69. The summed E-state index contributed by atoms with van der Waals surface area (Å²) in [7, 11) is 0. The number of ketones is 1. The van der Waals surface area contributed by atoms with E-state index in [-0.39, 0.29) is 0 Å². The lowest BCUT2D eigenvalue weighted by atomic mass is 10.1. The van der Waals surface area contributed by atoms with E-state index in [2.05, 4.69) is 42.5 Å². The molecule has 0 aromatic heterocycles. The highest BCUT2D eigenvalue weighted by Crippen LogP contribution is 2.14. The molecule has 0 spiro atoms. The molecule has 2 heteroatoms. The van der Waals surface area contributed by atoms with Crippen LogP contribution in [0.25, 0.3) is 0 Å². The maximum absolute atomic E-state index is 11.5. The average Bonchev–Trinajstić information content (AvgIpc) is 2.18. The Kier molecular flexibility index (Phi) is 9.78. The second-order valence-electron chi connectivity index (χ2n) is 3.57. The van der Waals surface area contributed by atoms with Gasteiger partial charge in [0.05, 0.1) is 3.58 Å². The molecule has 0 fully saturated rings. The van der Waals surface area contributed by atoms with Crippen LogP contribution in [0.1, 0.15) is 58.8 Å². The Morgan fingerprint density at radius 1 is 1.14 bits per heavy atom. The van der Waals surface area contributed by atoms with E-state index < -0.39 is 0 Å². The molecule has 1 nitrogen and oxygen atoms in total. The standard InChI is InChI=1S/C12H21IO/c1-3-5-7-9-11(13)12(14)10-8-6-4-2/h9H,3-8,10H2,1-2H3/b11-9-. The molecule has 82 valence electrons. The summed E-state index contributed by atoms with van der Waals surface area (Å²) in [5, 5.41) is 0. The van der Waals surface area contributed by atoms with Crippen molar-refractivity contribution in [3.05, 3.63) is 9.66 Å². The first-order valence-corrected chi connectivity index (χ1v) is 6.69. The summed E-state index contributed by atoms with van der Waals surface area (Å²) >= 11 is 2.17. The highest BCUT2D eigenvalue weighted by Gasteiger charge is 2.04. The minimum atomic E-state index is 0.329. The number of hydrogen-bond donors (Lipinski definition) is 0. The van der Waals surface area contributed by atoms with Crippen molar-refractivity contribution in [1.29, 1.82) is 0 Å². The van der Waals surface area contributed by atoms with Crippen molar-refractivity contribution in [2.75, 3.05) is 0 Å². The van der Waals surface area contributed by atoms with Crippen molar-refractivity contribution in [3.8, 4) is 0 Å². The molecule has 0 saturated carbocycles. The van der Waals surface area contributed by atoms with Crippen molar-refractivity contribution in [2.45, 2.75) is 58.8 Å². The summed E-state index contributed by atoms with van der Waals surface area (Å²) in [6.07, 6.45) is 9.65. The van der Waals surface area contributed by atoms with Gasteiger partial charge in [-0.1, -0.05) is 45.6 Å². The van der Waals surface area contributed by atoms with Crippen molar-refractivity contribution >= 4 is 28.4 Å². The molecule has 0 aliphatic heterocycles. The molecule has 0 N–H and O–H groups in total. The predicted molar refractivity (Wildman–Crippen MR) is 70.8 cm³/mol. The summed E-state index contributed by atoms with van der Waals surface area (Å²) in [5.41, 5.74) is 0. The molecule has 0 rings (SSSR count). The largest absolute Gasteiger partial charge is 0.294 e. The van der Waals surface area contributed by atoms with Crippen LogP contribution in [0.15, 0.2) is 9.66 Å². The highest BCUT2D eigenvalue weighted by atomic mass is 127. The van der Waals surface area contributed by atoms with Crippen LogP contribution in [-0.2, 0) is 4.79 Å². The molecule has 0 heterocycles. The van der Waals surface area contributed by atoms with Gasteiger partial charge in [-0.15, -0.1) is 0 Å². The Balaban J connectivity index is 3.68. The minimum Gasteiger partial charge on any atom is -0.294 e. The van der Waals surface area contributed by atoms with Crippen molar-refractivity contribution in [3.63, 3.8) is 0 Å². The van der Waals surface area contributed by atoms with Gasteiger partial charge in [0.15, 0.2) is 5.78 Å². The zero-order chi connectivity index (χ0) is 10.8. The van der Waals surface area contributed by atoms with Crippen molar-refractivity contribution in [2.24, 2.45) is 0 Å². The zero-order valence-electron chi connectivity index (χ0n) is 9.31. The van der Waals surface area contributed by atoms with Crippen LogP contribution in [0.5, 0.6) is 0 Å². The van der Waals surface area contributed by atoms with Gasteiger partial charge in [0.2, 0.25) is 0 Å². The molecule has 0 aromatic rings. The lowest BCUT2D eigenvalue weighted by molar-refractivity contribution is -0.114. The predicted octanol–water partition coefficient (Wildman–Crippen LogP) is 4.64. The van der Waals surface area contributed by atoms with E-state index >= 15 is 0 Å². The third kappa shape index (κ3) is 7.54. The van der Waals surface area contributed by atoms with Crippen molar-refractivity contribution < 1.29 is 4.79 Å². The first-order valence-electron chi connectivity index (χ1n) is 5.61. The normalized spacial score (nSPS) is 11.8. The molecule has 0 radical (unpaired) electrons. The van der Waals surface area contributed by atoms with Crippen LogP contribution in [0.2, 0.25) is 0 Å². The molecule has 0 bridgehead atoms. The Labute approximate surface area is 101 Å². The number of unbranched alkanes of at least 4 members (excludes halogenated alkanes) is 4. The SMILES string of the molecule is CCCC/C=C(\I)C(=O)CCCCC. The maximum atomic E-state index is 11.5. The first kappa shape index (κ1) is 14.1. The van der Waals surface area contributed by atoms with Gasteiger partial charge in [0.1, 0.15) is 0 Å². The van der Waals surface area contributed by atoms with Crippen LogP contribution in [0.3, 0.4) is 0 Å². The monoisotopic (exact) mass is 308 g/mol. The molecule has 0 aliphatic carbocycles. The van der Waals surface area contributed by atoms with Gasteiger partial charge < -0.3 is 0 Å². The maximum Gasteiger partial charge on any atom is 0.168 e. The Morgan fingerprint density at radius 3 is 2.36 bits per heavy atom. The van der Waals surface area contributed by atoms with Gasteiger partial charge in [0.25, 0.3) is 0 Å². The van der Waals surface area contributed by atoms with Crippen LogP contribution in [-0.4, -0.2) is 5.78 Å². The van der Waals surface area contributed by atoms with E-state index in [1.54, 1.807) is 0 Å². The summed E-state index contributed by atoms with van der Waals surface area (Å²) < 4.78 is 0.937. The third-order valence-electron chi connectivity index (χ3n) is 2.15. The molecule has 14 heavy (non-hydrogen) atoms. The summed E-state index contributed by atoms with van der Waals surface area (Å²) in [6, 6.07) is 0. The zero-order valence-corrected chi connectivity index (χ0v) is 11.5. The number of halogens is 1. The topological polar surface area (TPSA) is 17.1 Å². The van der Waals surface area contributed by atoms with Crippen LogP contribution in [0.4, 0.5) is 0 Å². The van der Waals surface area contributed by atoms with Gasteiger partial charge in [-0.3, -0.25) is 4.79 Å². The van der Waals surface area contributed by atoms with Crippen LogP contribution in [0, 0.1) is 0 Å². The Morgan fingerprint density at radius 2 is 1.79 bits per heavy atom. The number of Topliss-reactive ketones (excluding diaryl/α,β-unsaturated/α-hetero) is 1. The smallest absolute Gasteiger partial charge is 0.168 e. The first-order chi connectivity index (χ1) is 6.72. The lowest BCUT2D eigenvalue weighted by Gasteiger charge is -1.99. The van der Waals surface area contributed by atoms with E-state index in [0.717, 1.165) is 22.8 Å². The molecule has 0 saturated heterocycles. The van der Waals surface area contributed by atoms with Gasteiger partial charge >= 0.3 is 0 Å². The third-order valence-corrected chi connectivity index (χ3v) is 3.20. The fourth-order valence-corrected chi connectivity index (χ4v) is 1.78. The molecule has 0 aromatic carbocycles. The molecule has 0 atom stereocenters. The minimum absolute atomic E-state index is 0.329. The Hall–Kier alpha value is 0.140. The van der Waals surface area contributed by atoms with E-state index in [0.29, 0.717) is 5.78 Å². The van der Waals surface area contributed by atoms with Gasteiger partial charge in [-0.05, 0) is 35.4 Å². The lowest BCUT2D eigenvalue weighted by Crippen LogP contribution is -1.96. The quantitative estimate of drug-likeness (QED) is 0.362. The second-order valence-corrected chi connectivity index (χ2v) is 4.74. The molecule has 0 unspecified atom stereocenters. The molecular formula is C12H21IO. The van der Waals surface area contributed by atoms with E-state index in [9.17, 15) is 4.79 Å². The average molecular weight is 308 g/mol. The van der Waals surface area contributed by atoms with E-state index in [4.69, 9.17) is 0 Å². The fraction of sp³-hybridized carbons (Fsp3) is 0.750. The molecule has 0 amide bonds. The molecular weight excluding hydrogens is 287 g/mol. The van der Waals surface area contributed by atoms with E-state index in [1.807, 2.05) is 0 Å². The van der Waals surface area contributed by atoms with Gasteiger partial charge in [0, 0.05) is 6.42 Å².